The van der Waals surface area contributed by atoms with Gasteiger partial charge in [0.05, 0.1) is 0 Å². The van der Waals surface area contributed by atoms with E-state index in [1.165, 1.54) is 38.5 Å². The first-order valence-corrected chi connectivity index (χ1v) is 8.19. The van der Waals surface area contributed by atoms with E-state index in [1.807, 2.05) is 0 Å². The van der Waals surface area contributed by atoms with Crippen LogP contribution in [0.3, 0.4) is 0 Å². The van der Waals surface area contributed by atoms with Gasteiger partial charge in [0.25, 0.3) is 0 Å². The van der Waals surface area contributed by atoms with Crippen molar-refractivity contribution in [2.45, 2.75) is 52.4 Å². The van der Waals surface area contributed by atoms with Crippen molar-refractivity contribution in [3.63, 3.8) is 0 Å². The Kier molecular flexibility index (Phi) is 2.44. The smallest absolute Gasteiger partial charge is 0.000690 e. The quantitative estimate of drug-likeness (QED) is 0.551. The summed E-state index contributed by atoms with van der Waals surface area (Å²) in [5, 5.41) is 0. The number of hydrogen-bond donors (Lipinski definition) is 0. The minimum Gasteiger partial charge on any atom is -0.0836 e. The van der Waals surface area contributed by atoms with Crippen molar-refractivity contribution in [1.29, 1.82) is 0 Å². The largest absolute Gasteiger partial charge is 0.0836 e. The fourth-order valence-electron chi connectivity index (χ4n) is 5.82. The Morgan fingerprint density at radius 1 is 1.11 bits per heavy atom. The highest BCUT2D eigenvalue weighted by molar-refractivity contribution is 5.39. The zero-order valence-electron chi connectivity index (χ0n) is 12.4. The summed E-state index contributed by atoms with van der Waals surface area (Å²) in [6, 6.07) is 0. The van der Waals surface area contributed by atoms with Crippen LogP contribution in [0.15, 0.2) is 36.0 Å². The van der Waals surface area contributed by atoms with E-state index in [2.05, 4.69) is 44.2 Å². The van der Waals surface area contributed by atoms with Crippen molar-refractivity contribution in [3.8, 4) is 0 Å². The number of allylic oxidation sites excluding steroid dienone is 6. The van der Waals surface area contributed by atoms with Gasteiger partial charge in [-0.05, 0) is 66.3 Å². The Morgan fingerprint density at radius 2 is 2.00 bits per heavy atom. The molecule has 102 valence electrons. The Labute approximate surface area is 117 Å². The summed E-state index contributed by atoms with van der Waals surface area (Å²) < 4.78 is 0. The van der Waals surface area contributed by atoms with E-state index >= 15 is 0 Å². The molecule has 0 spiro atoms. The summed E-state index contributed by atoms with van der Waals surface area (Å²) in [7, 11) is 0. The molecular weight excluding hydrogens is 228 g/mol. The number of fused-ring (bicyclic) bond motifs is 5. The first-order chi connectivity index (χ1) is 9.13. The second-order valence-electron chi connectivity index (χ2n) is 7.91. The van der Waals surface area contributed by atoms with Gasteiger partial charge in [-0.15, -0.1) is 0 Å². The van der Waals surface area contributed by atoms with Gasteiger partial charge in [-0.2, -0.15) is 0 Å². The van der Waals surface area contributed by atoms with Crippen LogP contribution in [0.25, 0.3) is 0 Å². The first kappa shape index (κ1) is 12.0. The van der Waals surface area contributed by atoms with Crippen LogP contribution in [-0.2, 0) is 0 Å². The first-order valence-electron chi connectivity index (χ1n) is 8.19. The van der Waals surface area contributed by atoms with Crippen LogP contribution in [0.2, 0.25) is 0 Å². The summed E-state index contributed by atoms with van der Waals surface area (Å²) in [5.41, 5.74) is 2.68. The van der Waals surface area contributed by atoms with E-state index in [0.29, 0.717) is 10.8 Å². The van der Waals surface area contributed by atoms with Crippen LogP contribution < -0.4 is 0 Å². The van der Waals surface area contributed by atoms with Crippen LogP contribution >= 0.6 is 0 Å². The standard InChI is InChI=1S/C19H26/c1-18-11-5-7-16(18)15-9-8-14-6-3-4-12-19(14,2)17(15)10-13-18/h3-4,6,8-9,15-17H,5,7,10-13H2,1-2H3/t15-,16-,17-,18-,19-/m0/s1. The summed E-state index contributed by atoms with van der Waals surface area (Å²) in [6.07, 6.45) is 20.7. The predicted molar refractivity (Wildman–Crippen MR) is 80.7 cm³/mol. The molecule has 2 fully saturated rings. The van der Waals surface area contributed by atoms with Crippen LogP contribution in [0.4, 0.5) is 0 Å². The molecule has 0 aromatic rings. The van der Waals surface area contributed by atoms with Gasteiger partial charge < -0.3 is 0 Å². The van der Waals surface area contributed by atoms with Gasteiger partial charge in [0, 0.05) is 0 Å². The highest BCUT2D eigenvalue weighted by Gasteiger charge is 2.54. The highest BCUT2D eigenvalue weighted by Crippen LogP contribution is 2.63. The fourth-order valence-corrected chi connectivity index (χ4v) is 5.82. The van der Waals surface area contributed by atoms with Crippen molar-refractivity contribution in [2.75, 3.05) is 0 Å². The molecule has 0 N–H and O–H groups in total. The monoisotopic (exact) mass is 254 g/mol. The van der Waals surface area contributed by atoms with E-state index in [4.69, 9.17) is 0 Å². The van der Waals surface area contributed by atoms with Crippen LogP contribution in [0.1, 0.15) is 52.4 Å². The summed E-state index contributed by atoms with van der Waals surface area (Å²) in [6.45, 7) is 5.10. The van der Waals surface area contributed by atoms with Crippen LogP contribution in [0, 0.1) is 28.6 Å². The third-order valence-electron chi connectivity index (χ3n) is 7.04. The summed E-state index contributed by atoms with van der Waals surface area (Å²) in [5.74, 6) is 2.71. The van der Waals surface area contributed by atoms with Crippen LogP contribution in [-0.4, -0.2) is 0 Å². The molecule has 0 amide bonds. The third-order valence-corrected chi connectivity index (χ3v) is 7.04. The third kappa shape index (κ3) is 1.52. The van der Waals surface area contributed by atoms with E-state index in [1.54, 1.807) is 5.57 Å². The minimum absolute atomic E-state index is 0.429. The van der Waals surface area contributed by atoms with Gasteiger partial charge in [-0.1, -0.05) is 50.6 Å². The minimum atomic E-state index is 0.429. The zero-order valence-corrected chi connectivity index (χ0v) is 12.4. The van der Waals surface area contributed by atoms with E-state index in [9.17, 15) is 0 Å². The number of hydrogen-bond acceptors (Lipinski definition) is 0. The normalized spacial score (nSPS) is 51.3. The van der Waals surface area contributed by atoms with Crippen molar-refractivity contribution in [1.82, 2.24) is 0 Å². The highest BCUT2D eigenvalue weighted by atomic mass is 14.6. The Balaban J connectivity index is 1.76. The fraction of sp³-hybridized carbons (Fsp3) is 0.684. The molecule has 4 aliphatic rings. The van der Waals surface area contributed by atoms with E-state index in [0.717, 1.165) is 17.8 Å². The molecule has 0 aromatic heterocycles. The molecule has 4 aliphatic carbocycles. The molecule has 5 atom stereocenters. The zero-order chi connectivity index (χ0) is 13.1. The summed E-state index contributed by atoms with van der Waals surface area (Å²) >= 11 is 0. The van der Waals surface area contributed by atoms with Crippen LogP contribution in [0.5, 0.6) is 0 Å². The Morgan fingerprint density at radius 3 is 2.89 bits per heavy atom. The van der Waals surface area contributed by atoms with E-state index in [-0.39, 0.29) is 0 Å². The molecular formula is C19H26. The average molecular weight is 254 g/mol. The molecule has 19 heavy (non-hydrogen) atoms. The molecule has 0 aliphatic heterocycles. The topological polar surface area (TPSA) is 0 Å². The Hall–Kier alpha value is -0.780. The van der Waals surface area contributed by atoms with Crippen molar-refractivity contribution in [3.05, 3.63) is 36.0 Å². The maximum absolute atomic E-state index is 2.59. The van der Waals surface area contributed by atoms with Crippen molar-refractivity contribution in [2.24, 2.45) is 28.6 Å². The molecule has 0 radical (unpaired) electrons. The van der Waals surface area contributed by atoms with E-state index < -0.39 is 0 Å². The second-order valence-corrected chi connectivity index (χ2v) is 7.91. The van der Waals surface area contributed by atoms with Crippen molar-refractivity contribution >= 4 is 0 Å². The maximum atomic E-state index is 2.59. The lowest BCUT2D eigenvalue weighted by Gasteiger charge is -2.54. The average Bonchev–Trinajstić information content (AvgIpc) is 2.79. The molecule has 0 aromatic carbocycles. The SMILES string of the molecule is C[C@@]12CCC[C@H]1[C@@H]1C=CC3=CC=CC[C@]3(C)[C@H]1CC2. The lowest BCUT2D eigenvalue weighted by Crippen LogP contribution is -2.46. The lowest BCUT2D eigenvalue weighted by atomic mass is 9.50. The molecule has 0 bridgehead atoms. The molecule has 0 nitrogen and oxygen atoms in total. The molecule has 2 saturated carbocycles. The second kappa shape index (κ2) is 3.87. The molecule has 0 heterocycles. The molecule has 0 heteroatoms. The molecule has 4 rings (SSSR count). The van der Waals surface area contributed by atoms with Gasteiger partial charge in [-0.3, -0.25) is 0 Å². The lowest BCUT2D eigenvalue weighted by molar-refractivity contribution is 0.0113. The van der Waals surface area contributed by atoms with Crippen molar-refractivity contribution < 1.29 is 0 Å². The Bertz CT molecular complexity index is 480. The van der Waals surface area contributed by atoms with Gasteiger partial charge in [-0.25, -0.2) is 0 Å². The molecule has 0 saturated heterocycles. The maximum Gasteiger partial charge on any atom is -0.000690 e. The predicted octanol–water partition coefficient (Wildman–Crippen LogP) is 5.28. The summed E-state index contributed by atoms with van der Waals surface area (Å²) in [4.78, 5) is 0. The van der Waals surface area contributed by atoms with Gasteiger partial charge in [0.1, 0.15) is 0 Å². The van der Waals surface area contributed by atoms with Gasteiger partial charge >= 0.3 is 0 Å². The van der Waals surface area contributed by atoms with Gasteiger partial charge in [0.15, 0.2) is 0 Å². The molecule has 0 unspecified atom stereocenters. The van der Waals surface area contributed by atoms with Gasteiger partial charge in [0.2, 0.25) is 0 Å². The number of rotatable bonds is 0.